The second kappa shape index (κ2) is 7.50. The van der Waals surface area contributed by atoms with E-state index >= 15 is 0 Å². The summed E-state index contributed by atoms with van der Waals surface area (Å²) in [5.74, 6) is 3.23. The Morgan fingerprint density at radius 1 is 1.07 bits per heavy atom. The van der Waals surface area contributed by atoms with E-state index in [1.54, 1.807) is 11.8 Å². The topological polar surface area (TPSA) is 58.2 Å². The van der Waals surface area contributed by atoms with Crippen molar-refractivity contribution in [3.63, 3.8) is 0 Å². The van der Waals surface area contributed by atoms with Crippen LogP contribution in [0, 0.1) is 23.2 Å². The lowest BCUT2D eigenvalue weighted by molar-refractivity contribution is -0.123. The molecular weight excluding hydrogens is 356 g/mol. The van der Waals surface area contributed by atoms with Gasteiger partial charge < -0.3 is 10.6 Å². The summed E-state index contributed by atoms with van der Waals surface area (Å²) in [4.78, 5) is 24.7. The summed E-state index contributed by atoms with van der Waals surface area (Å²) >= 11 is 1.55. The third-order valence-corrected chi connectivity index (χ3v) is 7.94. The number of hydrogen-bond donors (Lipinski definition) is 2. The number of anilines is 1. The average molecular weight is 387 g/mol. The summed E-state index contributed by atoms with van der Waals surface area (Å²) in [6.45, 7) is 3.73. The Morgan fingerprint density at radius 3 is 2.15 bits per heavy atom. The van der Waals surface area contributed by atoms with E-state index in [2.05, 4.69) is 17.6 Å². The second-order valence-corrected chi connectivity index (χ2v) is 10.1. The molecule has 0 radical (unpaired) electrons. The molecule has 1 aromatic rings. The number of amides is 2. The van der Waals surface area contributed by atoms with Gasteiger partial charge in [-0.25, -0.2) is 0 Å². The molecule has 1 aromatic carbocycles. The summed E-state index contributed by atoms with van der Waals surface area (Å²) in [6, 6.07) is 7.93. The maximum absolute atomic E-state index is 12.5. The number of thioether (sulfide) groups is 1. The van der Waals surface area contributed by atoms with Crippen molar-refractivity contribution in [1.82, 2.24) is 5.32 Å². The third kappa shape index (κ3) is 4.18. The molecule has 0 spiro atoms. The Labute approximate surface area is 166 Å². The van der Waals surface area contributed by atoms with Crippen LogP contribution in [0.15, 0.2) is 29.2 Å². The fraction of sp³-hybridized carbons (Fsp3) is 0.636. The van der Waals surface area contributed by atoms with Crippen molar-refractivity contribution in [2.24, 2.45) is 23.2 Å². The number of benzene rings is 1. The average Bonchev–Trinajstić information content (AvgIpc) is 2.59. The predicted molar refractivity (Wildman–Crippen MR) is 110 cm³/mol. The van der Waals surface area contributed by atoms with Crippen molar-refractivity contribution in [3.05, 3.63) is 24.3 Å². The van der Waals surface area contributed by atoms with Gasteiger partial charge in [0.15, 0.2) is 0 Å². The minimum atomic E-state index is -0.0755. The SMILES string of the molecule is CC(=O)Nc1ccc(SCC(=O)N[C@@H](C)C23CC4CC(CC(C4)C2)C3)cc1. The molecule has 4 aliphatic rings. The molecule has 1 atom stereocenters. The zero-order valence-electron chi connectivity index (χ0n) is 16.3. The van der Waals surface area contributed by atoms with Gasteiger partial charge in [0.1, 0.15) is 0 Å². The highest BCUT2D eigenvalue weighted by molar-refractivity contribution is 8.00. The van der Waals surface area contributed by atoms with E-state index in [1.807, 2.05) is 24.3 Å². The highest BCUT2D eigenvalue weighted by Crippen LogP contribution is 2.61. The van der Waals surface area contributed by atoms with Crippen LogP contribution in [0.3, 0.4) is 0 Å². The molecule has 0 unspecified atom stereocenters. The highest BCUT2D eigenvalue weighted by Gasteiger charge is 2.53. The first-order valence-electron chi connectivity index (χ1n) is 10.2. The zero-order valence-corrected chi connectivity index (χ0v) is 17.1. The van der Waals surface area contributed by atoms with Crippen molar-refractivity contribution in [2.45, 2.75) is 63.3 Å². The number of carbonyl (C=O) groups is 2. The van der Waals surface area contributed by atoms with E-state index in [4.69, 9.17) is 0 Å². The van der Waals surface area contributed by atoms with Crippen LogP contribution < -0.4 is 10.6 Å². The van der Waals surface area contributed by atoms with E-state index in [0.717, 1.165) is 28.3 Å². The molecule has 0 aliphatic heterocycles. The summed E-state index contributed by atoms with van der Waals surface area (Å²) in [5, 5.41) is 6.09. The molecule has 4 bridgehead atoms. The molecular formula is C22H30N2O2S. The van der Waals surface area contributed by atoms with E-state index in [-0.39, 0.29) is 17.9 Å². The van der Waals surface area contributed by atoms with Crippen molar-refractivity contribution >= 4 is 29.3 Å². The summed E-state index contributed by atoms with van der Waals surface area (Å²) in [7, 11) is 0. The monoisotopic (exact) mass is 386 g/mol. The largest absolute Gasteiger partial charge is 0.352 e. The third-order valence-electron chi connectivity index (χ3n) is 6.93. The van der Waals surface area contributed by atoms with Crippen molar-refractivity contribution in [3.8, 4) is 0 Å². The first-order chi connectivity index (χ1) is 12.9. The van der Waals surface area contributed by atoms with Gasteiger partial charge in [0, 0.05) is 23.5 Å². The lowest BCUT2D eigenvalue weighted by Gasteiger charge is -2.59. The van der Waals surface area contributed by atoms with Gasteiger partial charge >= 0.3 is 0 Å². The number of carbonyl (C=O) groups excluding carboxylic acids is 2. The molecule has 4 aliphatic carbocycles. The highest BCUT2D eigenvalue weighted by atomic mass is 32.2. The minimum Gasteiger partial charge on any atom is -0.352 e. The summed E-state index contributed by atoms with van der Waals surface area (Å²) in [6.07, 6.45) is 8.26. The van der Waals surface area contributed by atoms with Crippen LogP contribution in [0.1, 0.15) is 52.4 Å². The molecule has 2 N–H and O–H groups in total. The van der Waals surface area contributed by atoms with Crippen LogP contribution in [0.2, 0.25) is 0 Å². The van der Waals surface area contributed by atoms with Gasteiger partial charge in [0.05, 0.1) is 5.75 Å². The maximum Gasteiger partial charge on any atom is 0.230 e. The molecule has 5 rings (SSSR count). The van der Waals surface area contributed by atoms with Crippen LogP contribution >= 0.6 is 11.8 Å². The van der Waals surface area contributed by atoms with Crippen molar-refractivity contribution in [2.75, 3.05) is 11.1 Å². The summed E-state index contributed by atoms with van der Waals surface area (Å²) < 4.78 is 0. The van der Waals surface area contributed by atoms with E-state index in [0.29, 0.717) is 11.2 Å². The molecule has 2 amide bonds. The van der Waals surface area contributed by atoms with Gasteiger partial charge in [-0.15, -0.1) is 11.8 Å². The molecule has 27 heavy (non-hydrogen) atoms. The number of rotatable bonds is 6. The Hall–Kier alpha value is -1.49. The normalized spacial score (nSPS) is 32.1. The van der Waals surface area contributed by atoms with Gasteiger partial charge in [0.25, 0.3) is 0 Å². The van der Waals surface area contributed by atoms with Crippen LogP contribution in [0.4, 0.5) is 5.69 Å². The quantitative estimate of drug-likeness (QED) is 0.710. The fourth-order valence-corrected chi connectivity index (χ4v) is 6.84. The van der Waals surface area contributed by atoms with Gasteiger partial charge in [-0.3, -0.25) is 9.59 Å². The van der Waals surface area contributed by atoms with Crippen LogP contribution in [-0.4, -0.2) is 23.6 Å². The predicted octanol–water partition coefficient (Wildman–Crippen LogP) is 4.46. The minimum absolute atomic E-state index is 0.0755. The Morgan fingerprint density at radius 2 is 1.63 bits per heavy atom. The fourth-order valence-electron chi connectivity index (χ4n) is 6.13. The lowest BCUT2D eigenvalue weighted by atomic mass is 9.48. The molecule has 4 saturated carbocycles. The lowest BCUT2D eigenvalue weighted by Crippen LogP contribution is -2.56. The molecule has 0 heterocycles. The van der Waals surface area contributed by atoms with Crippen LogP contribution in [-0.2, 0) is 9.59 Å². The standard InChI is InChI=1S/C22H30N2O2S/c1-14(22-10-16-7-17(11-22)9-18(8-16)12-22)23-21(26)13-27-20-5-3-19(4-6-20)24-15(2)25/h3-6,14,16-18H,7-13H2,1-2H3,(H,23,26)(H,24,25)/t14-,16?,17?,18?,22?/m0/s1. The van der Waals surface area contributed by atoms with Gasteiger partial charge in [-0.05, 0) is 92.9 Å². The van der Waals surface area contributed by atoms with Crippen LogP contribution in [0.5, 0.6) is 0 Å². The van der Waals surface area contributed by atoms with Crippen LogP contribution in [0.25, 0.3) is 0 Å². The Kier molecular flexibility index (Phi) is 5.23. The van der Waals surface area contributed by atoms with Crippen molar-refractivity contribution < 1.29 is 9.59 Å². The van der Waals surface area contributed by atoms with Gasteiger partial charge in [-0.1, -0.05) is 0 Å². The van der Waals surface area contributed by atoms with Gasteiger partial charge in [0.2, 0.25) is 11.8 Å². The summed E-state index contributed by atoms with van der Waals surface area (Å²) in [5.41, 5.74) is 1.14. The Balaban J connectivity index is 1.29. The maximum atomic E-state index is 12.5. The molecule has 0 saturated heterocycles. The first-order valence-corrected chi connectivity index (χ1v) is 11.2. The van der Waals surface area contributed by atoms with E-state index < -0.39 is 0 Å². The van der Waals surface area contributed by atoms with Crippen molar-refractivity contribution in [1.29, 1.82) is 0 Å². The second-order valence-electron chi connectivity index (χ2n) is 9.06. The zero-order chi connectivity index (χ0) is 19.0. The molecule has 4 fully saturated rings. The molecule has 4 nitrogen and oxygen atoms in total. The number of hydrogen-bond acceptors (Lipinski definition) is 3. The first kappa shape index (κ1) is 18.9. The van der Waals surface area contributed by atoms with E-state index in [1.165, 1.54) is 45.4 Å². The van der Waals surface area contributed by atoms with Gasteiger partial charge in [-0.2, -0.15) is 0 Å². The number of nitrogens with one attached hydrogen (secondary N) is 2. The molecule has 5 heteroatoms. The smallest absolute Gasteiger partial charge is 0.230 e. The molecule has 146 valence electrons. The Bertz CT molecular complexity index is 680. The van der Waals surface area contributed by atoms with E-state index in [9.17, 15) is 9.59 Å². The molecule has 0 aromatic heterocycles.